The molecule has 1 N–H and O–H groups in total. The Morgan fingerprint density at radius 1 is 1.06 bits per heavy atom. The number of ether oxygens (including phenoxy) is 3. The van der Waals surface area contributed by atoms with Crippen LogP contribution in [0.25, 0.3) is 0 Å². The van der Waals surface area contributed by atoms with E-state index in [9.17, 15) is 17.6 Å². The van der Waals surface area contributed by atoms with Crippen molar-refractivity contribution >= 4 is 21.6 Å². The third kappa shape index (κ3) is 7.00. The summed E-state index contributed by atoms with van der Waals surface area (Å²) >= 11 is 0. The van der Waals surface area contributed by atoms with Crippen molar-refractivity contribution in [2.75, 3.05) is 45.3 Å². The molecule has 0 unspecified atom stereocenters. The average molecular weight is 455 g/mol. The van der Waals surface area contributed by atoms with Gasteiger partial charge in [0.25, 0.3) is 0 Å². The molecule has 0 spiro atoms. The molecule has 0 heterocycles. The Labute approximate surface area is 182 Å². The van der Waals surface area contributed by atoms with Crippen LogP contribution >= 0.6 is 0 Å². The van der Waals surface area contributed by atoms with Crippen LogP contribution in [-0.2, 0) is 24.3 Å². The molecule has 1 amide bonds. The van der Waals surface area contributed by atoms with Crippen molar-refractivity contribution in [3.63, 3.8) is 0 Å². The molecule has 31 heavy (non-hydrogen) atoms. The summed E-state index contributed by atoms with van der Waals surface area (Å²) in [6.45, 7) is 4.43. The lowest BCUT2D eigenvalue weighted by molar-refractivity contribution is -0.121. The van der Waals surface area contributed by atoms with Crippen LogP contribution in [0.5, 0.6) is 11.5 Å². The number of halogens is 1. The highest BCUT2D eigenvalue weighted by Gasteiger charge is 2.23. The number of hydrogen-bond acceptors (Lipinski definition) is 6. The van der Waals surface area contributed by atoms with E-state index in [0.29, 0.717) is 25.4 Å². The van der Waals surface area contributed by atoms with Crippen molar-refractivity contribution in [2.24, 2.45) is 0 Å². The van der Waals surface area contributed by atoms with Crippen molar-refractivity contribution in [1.29, 1.82) is 0 Å². The first-order chi connectivity index (χ1) is 14.8. The number of carbonyl (C=O) groups excluding carboxylic acids is 1. The van der Waals surface area contributed by atoms with Crippen molar-refractivity contribution in [1.82, 2.24) is 4.31 Å². The predicted octanol–water partition coefficient (Wildman–Crippen LogP) is 3.25. The van der Waals surface area contributed by atoms with Crippen LogP contribution in [0.15, 0.2) is 47.4 Å². The summed E-state index contributed by atoms with van der Waals surface area (Å²) in [6.07, 6.45) is 0. The normalized spacial score (nSPS) is 11.5. The Morgan fingerprint density at radius 2 is 1.74 bits per heavy atom. The molecule has 2 rings (SSSR count). The number of carbonyl (C=O) groups is 1. The fraction of sp³-hybridized carbons (Fsp3) is 0.381. The number of anilines is 1. The van der Waals surface area contributed by atoms with Gasteiger partial charge in [-0.2, -0.15) is 4.31 Å². The molecule has 2 aromatic carbocycles. The molecule has 0 aliphatic heterocycles. The molecule has 0 aliphatic carbocycles. The third-order valence-corrected chi connectivity index (χ3v) is 6.32. The minimum Gasteiger partial charge on any atom is -0.455 e. The lowest BCUT2D eigenvalue weighted by Gasteiger charge is -2.20. The van der Waals surface area contributed by atoms with E-state index < -0.39 is 21.7 Å². The summed E-state index contributed by atoms with van der Waals surface area (Å²) in [5, 5.41) is 2.62. The minimum absolute atomic E-state index is 0.0123. The van der Waals surface area contributed by atoms with Gasteiger partial charge in [0.1, 0.15) is 18.2 Å². The molecular formula is C21H27FN2O6S. The summed E-state index contributed by atoms with van der Waals surface area (Å²) in [7, 11) is -2.23. The topological polar surface area (TPSA) is 94.2 Å². The first-order valence-corrected chi connectivity index (χ1v) is 11.2. The molecule has 0 bridgehead atoms. The number of hydrogen-bond donors (Lipinski definition) is 1. The number of nitrogens with zero attached hydrogens (tertiary/aromatic N) is 1. The standard InChI is InChI=1S/C21H27FN2O6S/c1-4-24(5-2)31(26,27)18-10-11-20(30-17-8-6-16(22)7-9-17)19(14-18)23-21(25)15-29-13-12-28-3/h6-11,14H,4-5,12-13,15H2,1-3H3,(H,23,25). The minimum atomic E-state index is -3.75. The average Bonchev–Trinajstić information content (AvgIpc) is 2.74. The monoisotopic (exact) mass is 454 g/mol. The Hall–Kier alpha value is -2.53. The molecule has 0 saturated carbocycles. The van der Waals surface area contributed by atoms with Gasteiger partial charge in [0.2, 0.25) is 15.9 Å². The SMILES string of the molecule is CCN(CC)S(=O)(=O)c1ccc(Oc2ccc(F)cc2)c(NC(=O)COCCOC)c1. The second kappa shape index (κ2) is 11.8. The third-order valence-electron chi connectivity index (χ3n) is 4.27. The van der Waals surface area contributed by atoms with E-state index in [1.165, 1.54) is 53.9 Å². The molecule has 0 aromatic heterocycles. The van der Waals surface area contributed by atoms with Crippen molar-refractivity contribution in [3.05, 3.63) is 48.3 Å². The van der Waals surface area contributed by atoms with E-state index in [-0.39, 0.29) is 29.5 Å². The van der Waals surface area contributed by atoms with Gasteiger partial charge in [-0.25, -0.2) is 12.8 Å². The zero-order chi connectivity index (χ0) is 22.9. The molecule has 0 saturated heterocycles. The predicted molar refractivity (Wildman–Crippen MR) is 114 cm³/mol. The van der Waals surface area contributed by atoms with Crippen LogP contribution in [-0.4, -0.2) is 58.7 Å². The number of methoxy groups -OCH3 is 1. The van der Waals surface area contributed by atoms with Gasteiger partial charge in [-0.15, -0.1) is 0 Å². The molecule has 10 heteroatoms. The van der Waals surface area contributed by atoms with Gasteiger partial charge in [0.15, 0.2) is 5.75 Å². The molecule has 0 radical (unpaired) electrons. The number of nitrogens with one attached hydrogen (secondary N) is 1. The van der Waals surface area contributed by atoms with Crippen LogP contribution in [0.1, 0.15) is 13.8 Å². The van der Waals surface area contributed by atoms with Crippen LogP contribution < -0.4 is 10.1 Å². The Bertz CT molecular complexity index is 962. The second-order valence-corrected chi connectivity index (χ2v) is 8.33. The molecule has 0 aliphatic rings. The summed E-state index contributed by atoms with van der Waals surface area (Å²) in [6, 6.07) is 9.50. The summed E-state index contributed by atoms with van der Waals surface area (Å²) in [5.41, 5.74) is 0.151. The molecule has 170 valence electrons. The van der Waals surface area contributed by atoms with E-state index in [0.717, 1.165) is 0 Å². The van der Waals surface area contributed by atoms with Crippen LogP contribution in [0.3, 0.4) is 0 Å². The zero-order valence-electron chi connectivity index (χ0n) is 17.8. The van der Waals surface area contributed by atoms with E-state index in [4.69, 9.17) is 14.2 Å². The van der Waals surface area contributed by atoms with E-state index >= 15 is 0 Å². The Balaban J connectivity index is 2.33. The number of sulfonamides is 1. The highest BCUT2D eigenvalue weighted by molar-refractivity contribution is 7.89. The van der Waals surface area contributed by atoms with Gasteiger partial charge in [-0.05, 0) is 42.5 Å². The first kappa shape index (κ1) is 24.7. The maximum Gasteiger partial charge on any atom is 0.250 e. The first-order valence-electron chi connectivity index (χ1n) is 9.76. The number of rotatable bonds is 12. The van der Waals surface area contributed by atoms with Crippen LogP contribution in [0, 0.1) is 5.82 Å². The fourth-order valence-electron chi connectivity index (χ4n) is 2.69. The summed E-state index contributed by atoms with van der Waals surface area (Å²) < 4.78 is 56.0. The number of benzene rings is 2. The van der Waals surface area contributed by atoms with Gasteiger partial charge in [0, 0.05) is 20.2 Å². The highest BCUT2D eigenvalue weighted by Crippen LogP contribution is 2.33. The molecule has 2 aromatic rings. The summed E-state index contributed by atoms with van der Waals surface area (Å²) in [5.74, 6) is -0.380. The maximum absolute atomic E-state index is 13.2. The van der Waals surface area contributed by atoms with Crippen molar-refractivity contribution < 1.29 is 31.8 Å². The van der Waals surface area contributed by atoms with E-state index in [1.807, 2.05) is 0 Å². The maximum atomic E-state index is 13.2. The second-order valence-electron chi connectivity index (χ2n) is 6.40. The van der Waals surface area contributed by atoms with Crippen molar-refractivity contribution in [3.8, 4) is 11.5 Å². The van der Waals surface area contributed by atoms with Gasteiger partial charge < -0.3 is 19.5 Å². The molecule has 0 fully saturated rings. The fourth-order valence-corrected chi connectivity index (χ4v) is 4.18. The lowest BCUT2D eigenvalue weighted by atomic mass is 10.2. The quantitative estimate of drug-likeness (QED) is 0.495. The van der Waals surface area contributed by atoms with Gasteiger partial charge in [-0.1, -0.05) is 13.8 Å². The van der Waals surface area contributed by atoms with Crippen molar-refractivity contribution in [2.45, 2.75) is 18.7 Å². The summed E-state index contributed by atoms with van der Waals surface area (Å²) in [4.78, 5) is 12.3. The molecule has 8 nitrogen and oxygen atoms in total. The van der Waals surface area contributed by atoms with E-state index in [2.05, 4.69) is 5.32 Å². The smallest absolute Gasteiger partial charge is 0.250 e. The molecular weight excluding hydrogens is 427 g/mol. The zero-order valence-corrected chi connectivity index (χ0v) is 18.6. The van der Waals surface area contributed by atoms with Gasteiger partial charge in [0.05, 0.1) is 23.8 Å². The van der Waals surface area contributed by atoms with Crippen LogP contribution in [0.4, 0.5) is 10.1 Å². The number of amides is 1. The largest absolute Gasteiger partial charge is 0.455 e. The highest BCUT2D eigenvalue weighted by atomic mass is 32.2. The van der Waals surface area contributed by atoms with E-state index in [1.54, 1.807) is 13.8 Å². The van der Waals surface area contributed by atoms with Gasteiger partial charge in [-0.3, -0.25) is 4.79 Å². The molecule has 0 atom stereocenters. The Kier molecular flexibility index (Phi) is 9.38. The van der Waals surface area contributed by atoms with Crippen LogP contribution in [0.2, 0.25) is 0 Å². The van der Waals surface area contributed by atoms with Gasteiger partial charge >= 0.3 is 0 Å². The Morgan fingerprint density at radius 3 is 2.35 bits per heavy atom. The lowest BCUT2D eigenvalue weighted by Crippen LogP contribution is -2.30.